The largest absolute Gasteiger partial charge is 0.153 e. The van der Waals surface area contributed by atoms with Crippen molar-refractivity contribution < 1.29 is 0 Å². The van der Waals surface area contributed by atoms with Crippen molar-refractivity contribution in [3.8, 4) is 11.1 Å². The molecule has 1 unspecified atom stereocenters. The summed E-state index contributed by atoms with van der Waals surface area (Å²) in [6, 6.07) is 24.3. The highest BCUT2D eigenvalue weighted by molar-refractivity contribution is 6.92. The molecule has 0 nitrogen and oxygen atoms in total. The first-order valence-electron chi connectivity index (χ1n) is 9.46. The molecule has 3 rings (SSSR count). The van der Waals surface area contributed by atoms with Crippen LogP contribution in [0.3, 0.4) is 0 Å². The first-order valence-corrected chi connectivity index (χ1v) is 9.46. The van der Waals surface area contributed by atoms with E-state index in [-0.39, 0.29) is 9.90 Å². The summed E-state index contributed by atoms with van der Waals surface area (Å²) < 4.78 is 0. The maximum Gasteiger partial charge on any atom is -0.00733 e. The second-order valence-electron chi connectivity index (χ2n) is 6.70. The average Bonchev–Trinajstić information content (AvgIpc) is 2.65. The molecule has 0 aliphatic rings. The highest BCUT2D eigenvalue weighted by Gasteiger charge is 2.09. The van der Waals surface area contributed by atoms with Gasteiger partial charge < -0.3 is 0 Å². The lowest BCUT2D eigenvalue weighted by Crippen LogP contribution is -1.93. The minimum absolute atomic E-state index is 0. The zero-order valence-electron chi connectivity index (χ0n) is 15.5. The molecule has 0 amide bonds. The van der Waals surface area contributed by atoms with Crippen LogP contribution in [0, 0.1) is 0 Å². The topological polar surface area (TPSA) is 0 Å². The number of benzene rings is 3. The van der Waals surface area contributed by atoms with Gasteiger partial charge in [-0.05, 0) is 40.3 Å². The monoisotopic (exact) mass is 350 g/mol. The van der Waals surface area contributed by atoms with Crippen molar-refractivity contribution in [2.75, 3.05) is 0 Å². The van der Waals surface area contributed by atoms with Crippen LogP contribution < -0.4 is 0 Å². The van der Waals surface area contributed by atoms with Gasteiger partial charge in [0.1, 0.15) is 0 Å². The predicted octanol–water partition coefficient (Wildman–Crippen LogP) is 7.47. The van der Waals surface area contributed by atoms with Crippen molar-refractivity contribution in [1.29, 1.82) is 0 Å². The summed E-state index contributed by atoms with van der Waals surface area (Å²) in [6.07, 6.45) is 9.29. The lowest BCUT2D eigenvalue weighted by molar-refractivity contribution is 0.608. The Labute approximate surface area is 156 Å². The van der Waals surface area contributed by atoms with E-state index in [9.17, 15) is 0 Å². The first-order chi connectivity index (χ1) is 11.9. The smallest absolute Gasteiger partial charge is 0.00733 e. The van der Waals surface area contributed by atoms with E-state index in [4.69, 9.17) is 0 Å². The van der Waals surface area contributed by atoms with Crippen molar-refractivity contribution in [3.05, 3.63) is 72.3 Å². The average molecular weight is 350 g/mol. The third-order valence-electron chi connectivity index (χ3n) is 4.88. The summed E-state index contributed by atoms with van der Waals surface area (Å²) in [5.74, 6) is 0. The van der Waals surface area contributed by atoms with Gasteiger partial charge in [0.2, 0.25) is 0 Å². The van der Waals surface area contributed by atoms with E-state index in [0.29, 0.717) is 0 Å². The van der Waals surface area contributed by atoms with Gasteiger partial charge in [0, 0.05) is 0 Å². The first kappa shape index (κ1) is 19.7. The van der Waals surface area contributed by atoms with Crippen molar-refractivity contribution in [3.63, 3.8) is 0 Å². The third-order valence-corrected chi connectivity index (χ3v) is 4.88. The van der Waals surface area contributed by atoms with Gasteiger partial charge in [-0.15, -0.1) is 0 Å². The molecule has 0 radical (unpaired) electrons. The van der Waals surface area contributed by atoms with Crippen LogP contribution in [0.2, 0.25) is 0 Å². The minimum atomic E-state index is 0. The van der Waals surface area contributed by atoms with Gasteiger partial charge in [0.05, 0.1) is 0 Å². The Morgan fingerprint density at radius 3 is 2.12 bits per heavy atom. The molecule has 0 spiro atoms. The Morgan fingerprint density at radius 2 is 1.32 bits per heavy atom. The number of hydrogen-bond donors (Lipinski definition) is 0. The summed E-state index contributed by atoms with van der Waals surface area (Å²) in [7, 11) is 0. The van der Waals surface area contributed by atoms with Gasteiger partial charge in [-0.25, -0.2) is 0 Å². The predicted molar refractivity (Wildman–Crippen MR) is 118 cm³/mol. The molecule has 0 saturated heterocycles. The van der Waals surface area contributed by atoms with Gasteiger partial charge in [-0.3, -0.25) is 0 Å². The van der Waals surface area contributed by atoms with Gasteiger partial charge in [0.25, 0.3) is 0 Å². The van der Waals surface area contributed by atoms with E-state index in [1.807, 2.05) is 0 Å². The second-order valence-corrected chi connectivity index (χ2v) is 6.70. The quantitative estimate of drug-likeness (QED) is 0.292. The summed E-state index contributed by atoms with van der Waals surface area (Å²) in [4.78, 5) is 0. The summed E-state index contributed by atoms with van der Waals surface area (Å²) in [5, 5.41) is 2.72. The van der Waals surface area contributed by atoms with E-state index in [1.54, 1.807) is 0 Å². The fraction of sp³-hybridized carbons (Fsp3) is 0.333. The Balaban J connectivity index is 0.00000225. The van der Waals surface area contributed by atoms with Gasteiger partial charge >= 0.3 is 0 Å². The van der Waals surface area contributed by atoms with E-state index in [0.717, 1.165) is 0 Å². The molecule has 132 valence electrons. The molecule has 0 saturated carbocycles. The number of fused-ring (bicyclic) bond motifs is 1. The fourth-order valence-corrected chi connectivity index (χ4v) is 3.57. The van der Waals surface area contributed by atoms with Gasteiger partial charge in [-0.1, -0.05) is 106 Å². The molecule has 0 bridgehead atoms. The Kier molecular flexibility index (Phi) is 8.16. The zero-order valence-corrected chi connectivity index (χ0v) is 16.9. The molecule has 0 heterocycles. The third kappa shape index (κ3) is 5.16. The van der Waals surface area contributed by atoms with Crippen LogP contribution in [0.25, 0.3) is 21.9 Å². The number of hydrogen-bond acceptors (Lipinski definition) is 0. The normalized spacial score (nSPS) is 10.6. The fourth-order valence-electron chi connectivity index (χ4n) is 3.57. The number of rotatable bonds is 8. The molecule has 3 aromatic rings. The van der Waals surface area contributed by atoms with Crippen LogP contribution in [-0.2, 0) is 6.42 Å². The van der Waals surface area contributed by atoms with E-state index < -0.39 is 0 Å². The van der Waals surface area contributed by atoms with Gasteiger partial charge in [0.15, 0.2) is 0 Å². The zero-order chi connectivity index (χ0) is 16.6. The SMILES string of the molecule is CCCCCCCCc1ccc2ccccc2c1-c1ccccc1.P. The van der Waals surface area contributed by atoms with Crippen molar-refractivity contribution in [2.45, 2.75) is 51.9 Å². The molecule has 3 aromatic carbocycles. The summed E-state index contributed by atoms with van der Waals surface area (Å²) in [5.41, 5.74) is 4.27. The Hall–Kier alpha value is -1.65. The van der Waals surface area contributed by atoms with E-state index in [1.165, 1.54) is 72.4 Å². The number of unbranched alkanes of at least 4 members (excludes halogenated alkanes) is 5. The van der Waals surface area contributed by atoms with Crippen molar-refractivity contribution in [1.82, 2.24) is 0 Å². The van der Waals surface area contributed by atoms with Crippen LogP contribution >= 0.6 is 9.90 Å². The maximum absolute atomic E-state index is 2.34. The van der Waals surface area contributed by atoms with Gasteiger partial charge in [-0.2, -0.15) is 9.90 Å². The maximum atomic E-state index is 2.34. The van der Waals surface area contributed by atoms with Crippen molar-refractivity contribution >= 4 is 20.7 Å². The van der Waals surface area contributed by atoms with Crippen LogP contribution in [0.15, 0.2) is 66.7 Å². The molecular weight excluding hydrogens is 319 g/mol. The molecule has 0 aliphatic heterocycles. The standard InChI is InChI=1S/C24H28.H3P/c1-2-3-4-5-6-8-16-22-19-18-20-13-11-12-17-23(20)24(22)21-14-9-7-10-15-21;/h7,9-15,17-19H,2-6,8,16H2,1H3;1H3. The second kappa shape index (κ2) is 10.4. The highest BCUT2D eigenvalue weighted by Crippen LogP contribution is 2.33. The Morgan fingerprint density at radius 1 is 0.640 bits per heavy atom. The highest BCUT2D eigenvalue weighted by atomic mass is 31.0. The summed E-state index contributed by atoms with van der Waals surface area (Å²) >= 11 is 0. The minimum Gasteiger partial charge on any atom is -0.153 e. The Bertz CT molecular complexity index is 761. The van der Waals surface area contributed by atoms with Crippen LogP contribution in [-0.4, -0.2) is 0 Å². The van der Waals surface area contributed by atoms with Crippen LogP contribution in [0.4, 0.5) is 0 Å². The van der Waals surface area contributed by atoms with E-state index >= 15 is 0 Å². The molecular formula is C24H31P. The van der Waals surface area contributed by atoms with Crippen molar-refractivity contribution in [2.24, 2.45) is 0 Å². The van der Waals surface area contributed by atoms with Crippen LogP contribution in [0.1, 0.15) is 51.0 Å². The molecule has 1 heteroatoms. The molecule has 0 aliphatic carbocycles. The number of aryl methyl sites for hydroxylation is 1. The lowest BCUT2D eigenvalue weighted by Gasteiger charge is -2.14. The lowest BCUT2D eigenvalue weighted by atomic mass is 9.90. The molecule has 0 N–H and O–H groups in total. The molecule has 0 fully saturated rings. The molecule has 0 aromatic heterocycles. The van der Waals surface area contributed by atoms with Crippen LogP contribution in [0.5, 0.6) is 0 Å². The molecule has 1 atom stereocenters. The van der Waals surface area contributed by atoms with E-state index in [2.05, 4.69) is 73.7 Å². The summed E-state index contributed by atoms with van der Waals surface area (Å²) in [6.45, 7) is 2.28. The molecule has 25 heavy (non-hydrogen) atoms.